The monoisotopic (exact) mass is 266 g/mol. The average Bonchev–Trinajstić information content (AvgIpc) is 2.37. The van der Waals surface area contributed by atoms with Crippen LogP contribution in [0.1, 0.15) is 19.3 Å². The summed E-state index contributed by atoms with van der Waals surface area (Å²) in [5, 5.41) is 56.1. The molecular formula is C11H22O7. The summed E-state index contributed by atoms with van der Waals surface area (Å²) in [5.41, 5.74) is 0. The molecule has 0 bridgehead atoms. The molecule has 7 heteroatoms. The Morgan fingerprint density at radius 3 is 2.11 bits per heavy atom. The van der Waals surface area contributed by atoms with Gasteiger partial charge in [0.1, 0.15) is 24.4 Å². The molecule has 6 N–H and O–H groups in total. The molecule has 0 saturated carbocycles. The highest BCUT2D eigenvalue weighted by molar-refractivity contribution is 4.92. The molecule has 1 aliphatic heterocycles. The van der Waals surface area contributed by atoms with Crippen molar-refractivity contribution in [1.82, 2.24) is 0 Å². The predicted octanol–water partition coefficient (Wildman–Crippen LogP) is -2.65. The van der Waals surface area contributed by atoms with Crippen molar-refractivity contribution in [3.8, 4) is 0 Å². The van der Waals surface area contributed by atoms with Crippen LogP contribution in [0.15, 0.2) is 0 Å². The number of aliphatic hydroxyl groups excluding tert-OH is 6. The summed E-state index contributed by atoms with van der Waals surface area (Å²) in [7, 11) is 0. The van der Waals surface area contributed by atoms with Crippen molar-refractivity contribution in [3.63, 3.8) is 0 Å². The second-order valence-electron chi connectivity index (χ2n) is 4.62. The van der Waals surface area contributed by atoms with E-state index in [4.69, 9.17) is 14.9 Å². The molecule has 6 atom stereocenters. The maximum atomic E-state index is 9.72. The topological polar surface area (TPSA) is 131 Å². The lowest BCUT2D eigenvalue weighted by Crippen LogP contribution is -2.59. The summed E-state index contributed by atoms with van der Waals surface area (Å²) < 4.78 is 5.25. The van der Waals surface area contributed by atoms with E-state index in [0.29, 0.717) is 12.8 Å². The quantitative estimate of drug-likeness (QED) is 0.309. The fourth-order valence-electron chi connectivity index (χ4n) is 2.09. The van der Waals surface area contributed by atoms with Gasteiger partial charge in [0.2, 0.25) is 0 Å². The zero-order chi connectivity index (χ0) is 13.7. The highest BCUT2D eigenvalue weighted by Crippen LogP contribution is 2.24. The molecule has 108 valence electrons. The van der Waals surface area contributed by atoms with Crippen LogP contribution in [0.2, 0.25) is 0 Å². The first-order chi connectivity index (χ1) is 8.51. The number of aliphatic hydroxyl groups is 6. The van der Waals surface area contributed by atoms with Crippen LogP contribution in [0.5, 0.6) is 0 Å². The lowest BCUT2D eigenvalue weighted by Gasteiger charge is -2.40. The van der Waals surface area contributed by atoms with Crippen LogP contribution in [-0.2, 0) is 4.74 Å². The van der Waals surface area contributed by atoms with Crippen molar-refractivity contribution in [2.24, 2.45) is 0 Å². The minimum atomic E-state index is -1.41. The van der Waals surface area contributed by atoms with Gasteiger partial charge in [-0.25, -0.2) is 0 Å². The normalized spacial score (nSPS) is 38.7. The van der Waals surface area contributed by atoms with E-state index in [1.165, 1.54) is 0 Å². The van der Waals surface area contributed by atoms with Gasteiger partial charge in [-0.15, -0.1) is 0 Å². The minimum absolute atomic E-state index is 0.0360. The molecular weight excluding hydrogens is 244 g/mol. The van der Waals surface area contributed by atoms with E-state index in [1.807, 2.05) is 0 Å². The van der Waals surface area contributed by atoms with Gasteiger partial charge in [0, 0.05) is 13.0 Å². The molecule has 0 aromatic heterocycles. The molecule has 0 spiro atoms. The second-order valence-corrected chi connectivity index (χ2v) is 4.62. The third-order valence-corrected chi connectivity index (χ3v) is 3.19. The summed E-state index contributed by atoms with van der Waals surface area (Å²) in [6, 6.07) is 0. The SMILES string of the molecule is OCCCC(O)C[C@@H]1O[C@H](CO)[C@@H](O)[C@H](O)[C@H]1O. The Kier molecular flexibility index (Phi) is 6.44. The van der Waals surface area contributed by atoms with Crippen LogP contribution in [0.25, 0.3) is 0 Å². The summed E-state index contributed by atoms with van der Waals surface area (Å²) in [5.74, 6) is 0. The zero-order valence-electron chi connectivity index (χ0n) is 10.1. The summed E-state index contributed by atoms with van der Waals surface area (Å²) in [6.45, 7) is -0.514. The van der Waals surface area contributed by atoms with Gasteiger partial charge in [0.05, 0.1) is 18.8 Å². The smallest absolute Gasteiger partial charge is 0.111 e. The first-order valence-electron chi connectivity index (χ1n) is 6.10. The van der Waals surface area contributed by atoms with Crippen molar-refractivity contribution in [1.29, 1.82) is 0 Å². The number of ether oxygens (including phenoxy) is 1. The molecule has 1 fully saturated rings. The Morgan fingerprint density at radius 1 is 0.944 bits per heavy atom. The Hall–Kier alpha value is -0.280. The Morgan fingerprint density at radius 2 is 1.56 bits per heavy atom. The van der Waals surface area contributed by atoms with Crippen molar-refractivity contribution in [2.75, 3.05) is 13.2 Å². The minimum Gasteiger partial charge on any atom is -0.396 e. The Labute approximate surface area is 105 Å². The van der Waals surface area contributed by atoms with Crippen LogP contribution in [0, 0.1) is 0 Å². The third kappa shape index (κ3) is 3.86. The molecule has 18 heavy (non-hydrogen) atoms. The molecule has 7 nitrogen and oxygen atoms in total. The number of hydrogen-bond donors (Lipinski definition) is 6. The van der Waals surface area contributed by atoms with E-state index < -0.39 is 43.2 Å². The molecule has 0 aromatic carbocycles. The van der Waals surface area contributed by atoms with Gasteiger partial charge in [-0.1, -0.05) is 0 Å². The van der Waals surface area contributed by atoms with Gasteiger partial charge in [0.15, 0.2) is 0 Å². The van der Waals surface area contributed by atoms with Gasteiger partial charge in [0.25, 0.3) is 0 Å². The Bertz CT molecular complexity index is 235. The summed E-state index contributed by atoms with van der Waals surface area (Å²) >= 11 is 0. The van der Waals surface area contributed by atoms with Crippen LogP contribution >= 0.6 is 0 Å². The number of hydrogen-bond acceptors (Lipinski definition) is 7. The summed E-state index contributed by atoms with van der Waals surface area (Å²) in [4.78, 5) is 0. The van der Waals surface area contributed by atoms with Gasteiger partial charge in [-0.3, -0.25) is 0 Å². The van der Waals surface area contributed by atoms with Crippen molar-refractivity contribution < 1.29 is 35.4 Å². The van der Waals surface area contributed by atoms with E-state index in [2.05, 4.69) is 0 Å². The van der Waals surface area contributed by atoms with E-state index in [9.17, 15) is 20.4 Å². The molecule has 0 amide bonds. The van der Waals surface area contributed by atoms with Crippen LogP contribution in [-0.4, -0.2) is 80.5 Å². The van der Waals surface area contributed by atoms with Gasteiger partial charge in [-0.05, 0) is 12.8 Å². The first kappa shape index (κ1) is 15.8. The standard InChI is InChI=1S/C11H22O7/c12-3-1-2-6(14)4-7-9(15)11(17)10(16)8(5-13)18-7/h6-17H,1-5H2/t6?,7-,8+,9-,10+,11+/m0/s1. The van der Waals surface area contributed by atoms with Gasteiger partial charge >= 0.3 is 0 Å². The molecule has 1 rings (SSSR count). The van der Waals surface area contributed by atoms with Crippen LogP contribution in [0.3, 0.4) is 0 Å². The van der Waals surface area contributed by atoms with E-state index in [1.54, 1.807) is 0 Å². The van der Waals surface area contributed by atoms with Crippen molar-refractivity contribution in [2.45, 2.75) is 55.9 Å². The second kappa shape index (κ2) is 7.34. The maximum Gasteiger partial charge on any atom is 0.111 e. The molecule has 0 aliphatic carbocycles. The summed E-state index contributed by atoms with van der Waals surface area (Å²) in [6.07, 6.45) is -5.83. The van der Waals surface area contributed by atoms with Gasteiger partial charge in [-0.2, -0.15) is 0 Å². The van der Waals surface area contributed by atoms with Gasteiger partial charge < -0.3 is 35.4 Å². The maximum absolute atomic E-state index is 9.72. The van der Waals surface area contributed by atoms with Crippen LogP contribution in [0.4, 0.5) is 0 Å². The predicted molar refractivity (Wildman–Crippen MR) is 60.7 cm³/mol. The van der Waals surface area contributed by atoms with E-state index in [0.717, 1.165) is 0 Å². The average molecular weight is 266 g/mol. The molecule has 0 radical (unpaired) electrons. The molecule has 1 heterocycles. The van der Waals surface area contributed by atoms with E-state index in [-0.39, 0.29) is 13.0 Å². The lowest BCUT2D eigenvalue weighted by atomic mass is 9.91. The third-order valence-electron chi connectivity index (χ3n) is 3.19. The molecule has 1 saturated heterocycles. The largest absolute Gasteiger partial charge is 0.396 e. The fraction of sp³-hybridized carbons (Fsp3) is 1.00. The highest BCUT2D eigenvalue weighted by Gasteiger charge is 2.43. The fourth-order valence-corrected chi connectivity index (χ4v) is 2.09. The molecule has 1 aliphatic rings. The van der Waals surface area contributed by atoms with E-state index >= 15 is 0 Å². The zero-order valence-corrected chi connectivity index (χ0v) is 10.1. The highest BCUT2D eigenvalue weighted by atomic mass is 16.5. The van der Waals surface area contributed by atoms with Crippen molar-refractivity contribution in [3.05, 3.63) is 0 Å². The Balaban J connectivity index is 2.53. The molecule has 1 unspecified atom stereocenters. The molecule has 0 aromatic rings. The lowest BCUT2D eigenvalue weighted by molar-refractivity contribution is -0.234. The first-order valence-corrected chi connectivity index (χ1v) is 6.10. The number of rotatable bonds is 6. The van der Waals surface area contributed by atoms with Crippen molar-refractivity contribution >= 4 is 0 Å². The van der Waals surface area contributed by atoms with Crippen LogP contribution < -0.4 is 0 Å².